The molecule has 3 heteroatoms. The Labute approximate surface area is 115 Å². The van der Waals surface area contributed by atoms with E-state index in [1.807, 2.05) is 12.1 Å². The summed E-state index contributed by atoms with van der Waals surface area (Å²) in [6, 6.07) is 8.22. The van der Waals surface area contributed by atoms with Crippen LogP contribution in [0.3, 0.4) is 0 Å². The molecule has 1 saturated carbocycles. The Balaban J connectivity index is 1.83. The second-order valence-corrected chi connectivity index (χ2v) is 5.16. The maximum absolute atomic E-state index is 11.9. The molecular formula is C16H22N2O. The predicted molar refractivity (Wildman–Crippen MR) is 78.1 cm³/mol. The van der Waals surface area contributed by atoms with Crippen molar-refractivity contribution in [3.05, 3.63) is 35.4 Å². The smallest absolute Gasteiger partial charge is 0.243 e. The van der Waals surface area contributed by atoms with Gasteiger partial charge in [0.2, 0.25) is 5.91 Å². The van der Waals surface area contributed by atoms with Crippen molar-refractivity contribution in [3.8, 4) is 0 Å². The van der Waals surface area contributed by atoms with E-state index < -0.39 is 0 Å². The zero-order valence-corrected chi connectivity index (χ0v) is 11.6. The lowest BCUT2D eigenvalue weighted by atomic mass is 9.89. The van der Waals surface area contributed by atoms with Crippen LogP contribution in [0.4, 0.5) is 0 Å². The van der Waals surface area contributed by atoms with Gasteiger partial charge in [-0.1, -0.05) is 50.5 Å². The lowest BCUT2D eigenvalue weighted by molar-refractivity contribution is -0.125. The molecule has 0 radical (unpaired) electrons. The van der Waals surface area contributed by atoms with E-state index in [0.29, 0.717) is 0 Å². The van der Waals surface area contributed by atoms with Gasteiger partial charge in [0.15, 0.2) is 0 Å². The number of amides is 1. The SMILES string of the molecule is CCc1ccc(C=NNC(=O)C2CCCCC2)cc1. The summed E-state index contributed by atoms with van der Waals surface area (Å²) in [6.07, 6.45) is 8.35. The number of carbonyl (C=O) groups excluding carboxylic acids is 1. The van der Waals surface area contributed by atoms with E-state index >= 15 is 0 Å². The van der Waals surface area contributed by atoms with Gasteiger partial charge in [-0.05, 0) is 30.4 Å². The van der Waals surface area contributed by atoms with Crippen molar-refractivity contribution >= 4 is 12.1 Å². The fraction of sp³-hybridized carbons (Fsp3) is 0.500. The van der Waals surface area contributed by atoms with Crippen molar-refractivity contribution in [1.82, 2.24) is 5.43 Å². The summed E-state index contributed by atoms with van der Waals surface area (Å²) in [5, 5.41) is 4.05. The molecule has 0 spiro atoms. The summed E-state index contributed by atoms with van der Waals surface area (Å²) in [5.74, 6) is 0.231. The molecule has 0 atom stereocenters. The fourth-order valence-electron chi connectivity index (χ4n) is 2.47. The number of carbonyl (C=O) groups is 1. The predicted octanol–water partition coefficient (Wildman–Crippen LogP) is 3.28. The highest BCUT2D eigenvalue weighted by Crippen LogP contribution is 2.23. The molecule has 0 saturated heterocycles. The van der Waals surface area contributed by atoms with E-state index in [9.17, 15) is 4.79 Å². The molecule has 1 aromatic carbocycles. The van der Waals surface area contributed by atoms with Gasteiger partial charge < -0.3 is 0 Å². The number of nitrogens with zero attached hydrogens (tertiary/aromatic N) is 1. The number of hydrogen-bond donors (Lipinski definition) is 1. The minimum atomic E-state index is 0.0705. The molecule has 0 unspecified atom stereocenters. The lowest BCUT2D eigenvalue weighted by Crippen LogP contribution is -2.28. The highest BCUT2D eigenvalue weighted by molar-refractivity contribution is 5.83. The minimum absolute atomic E-state index is 0.0705. The Morgan fingerprint density at radius 2 is 1.95 bits per heavy atom. The van der Waals surface area contributed by atoms with Crippen LogP contribution in [-0.4, -0.2) is 12.1 Å². The van der Waals surface area contributed by atoms with Gasteiger partial charge in [0.05, 0.1) is 6.21 Å². The van der Waals surface area contributed by atoms with Crippen LogP contribution in [0.15, 0.2) is 29.4 Å². The number of rotatable bonds is 4. The van der Waals surface area contributed by atoms with Crippen LogP contribution in [0.2, 0.25) is 0 Å². The molecule has 1 amide bonds. The Morgan fingerprint density at radius 1 is 1.26 bits per heavy atom. The van der Waals surface area contributed by atoms with Crippen molar-refractivity contribution in [2.75, 3.05) is 0 Å². The first-order chi connectivity index (χ1) is 9.29. The van der Waals surface area contributed by atoms with Gasteiger partial charge in [0, 0.05) is 5.92 Å². The molecule has 0 aromatic heterocycles. The van der Waals surface area contributed by atoms with Crippen LogP contribution >= 0.6 is 0 Å². The molecule has 1 N–H and O–H groups in total. The molecule has 2 rings (SSSR count). The first-order valence-corrected chi connectivity index (χ1v) is 7.21. The van der Waals surface area contributed by atoms with Crippen molar-refractivity contribution in [2.45, 2.75) is 45.4 Å². The average molecular weight is 258 g/mol. The molecule has 19 heavy (non-hydrogen) atoms. The standard InChI is InChI=1S/C16H22N2O/c1-2-13-8-10-14(11-9-13)12-17-18-16(19)15-6-4-3-5-7-15/h8-12,15H,2-7H2,1H3,(H,18,19). The van der Waals surface area contributed by atoms with Gasteiger partial charge >= 0.3 is 0 Å². The first-order valence-electron chi connectivity index (χ1n) is 7.21. The largest absolute Gasteiger partial charge is 0.273 e. The van der Waals surface area contributed by atoms with Gasteiger partial charge in [-0.25, -0.2) is 5.43 Å². The quantitative estimate of drug-likeness (QED) is 0.653. The van der Waals surface area contributed by atoms with Crippen molar-refractivity contribution < 1.29 is 4.79 Å². The zero-order chi connectivity index (χ0) is 13.5. The molecule has 0 bridgehead atoms. The van der Waals surface area contributed by atoms with Crippen molar-refractivity contribution in [1.29, 1.82) is 0 Å². The van der Waals surface area contributed by atoms with Crippen molar-refractivity contribution in [2.24, 2.45) is 11.0 Å². The van der Waals surface area contributed by atoms with E-state index in [-0.39, 0.29) is 11.8 Å². The third kappa shape index (κ3) is 4.19. The summed E-state index contributed by atoms with van der Waals surface area (Å²) >= 11 is 0. The molecule has 1 aliphatic rings. The normalized spacial score (nSPS) is 16.7. The summed E-state index contributed by atoms with van der Waals surface area (Å²) in [5.41, 5.74) is 4.98. The second-order valence-electron chi connectivity index (χ2n) is 5.16. The number of nitrogens with one attached hydrogen (secondary N) is 1. The fourth-order valence-corrected chi connectivity index (χ4v) is 2.47. The lowest BCUT2D eigenvalue weighted by Gasteiger charge is -2.19. The van der Waals surface area contributed by atoms with Gasteiger partial charge in [-0.15, -0.1) is 0 Å². The van der Waals surface area contributed by atoms with Gasteiger partial charge in [-0.2, -0.15) is 5.10 Å². The van der Waals surface area contributed by atoms with E-state index in [1.165, 1.54) is 24.8 Å². The number of aryl methyl sites for hydroxylation is 1. The van der Waals surface area contributed by atoms with Crippen LogP contribution < -0.4 is 5.43 Å². The maximum atomic E-state index is 11.9. The summed E-state index contributed by atoms with van der Waals surface area (Å²) in [7, 11) is 0. The molecular weight excluding hydrogens is 236 g/mol. The number of hydrazone groups is 1. The van der Waals surface area contributed by atoms with Gasteiger partial charge in [-0.3, -0.25) is 4.79 Å². The van der Waals surface area contributed by atoms with Crippen LogP contribution in [0.1, 0.15) is 50.2 Å². The van der Waals surface area contributed by atoms with Gasteiger partial charge in [0.1, 0.15) is 0 Å². The summed E-state index contributed by atoms with van der Waals surface area (Å²) in [6.45, 7) is 2.13. The topological polar surface area (TPSA) is 41.5 Å². The van der Waals surface area contributed by atoms with E-state index in [2.05, 4.69) is 29.6 Å². The average Bonchev–Trinajstić information content (AvgIpc) is 2.49. The van der Waals surface area contributed by atoms with Gasteiger partial charge in [0.25, 0.3) is 0 Å². The summed E-state index contributed by atoms with van der Waals surface area (Å²) < 4.78 is 0. The molecule has 0 heterocycles. The highest BCUT2D eigenvalue weighted by Gasteiger charge is 2.20. The molecule has 1 fully saturated rings. The van der Waals surface area contributed by atoms with E-state index in [0.717, 1.165) is 24.8 Å². The first kappa shape index (κ1) is 13.8. The van der Waals surface area contributed by atoms with Crippen molar-refractivity contribution in [3.63, 3.8) is 0 Å². The molecule has 1 aliphatic carbocycles. The number of hydrogen-bond acceptors (Lipinski definition) is 2. The molecule has 102 valence electrons. The van der Waals surface area contributed by atoms with E-state index in [4.69, 9.17) is 0 Å². The monoisotopic (exact) mass is 258 g/mol. The zero-order valence-electron chi connectivity index (χ0n) is 11.6. The van der Waals surface area contributed by atoms with Crippen LogP contribution in [-0.2, 0) is 11.2 Å². The molecule has 3 nitrogen and oxygen atoms in total. The Kier molecular flexibility index (Phi) is 5.13. The third-order valence-electron chi connectivity index (χ3n) is 3.75. The van der Waals surface area contributed by atoms with Crippen LogP contribution in [0.5, 0.6) is 0 Å². The third-order valence-corrected chi connectivity index (χ3v) is 3.75. The molecule has 0 aliphatic heterocycles. The Bertz CT molecular complexity index is 431. The number of benzene rings is 1. The van der Waals surface area contributed by atoms with E-state index in [1.54, 1.807) is 6.21 Å². The summed E-state index contributed by atoms with van der Waals surface area (Å²) in [4.78, 5) is 11.9. The Hall–Kier alpha value is -1.64. The minimum Gasteiger partial charge on any atom is -0.273 e. The highest BCUT2D eigenvalue weighted by atomic mass is 16.2. The Morgan fingerprint density at radius 3 is 2.58 bits per heavy atom. The van der Waals surface area contributed by atoms with Crippen LogP contribution in [0, 0.1) is 5.92 Å². The maximum Gasteiger partial charge on any atom is 0.243 e. The van der Waals surface area contributed by atoms with Crippen LogP contribution in [0.25, 0.3) is 0 Å². The molecule has 1 aromatic rings. The second kappa shape index (κ2) is 7.07.